The van der Waals surface area contributed by atoms with Gasteiger partial charge in [-0.3, -0.25) is 14.4 Å². The number of fused-ring (bicyclic) bond motifs is 1. The minimum atomic E-state index is -1.96. The molecule has 0 radical (unpaired) electrons. The maximum atomic E-state index is 13.3. The van der Waals surface area contributed by atoms with E-state index in [4.69, 9.17) is 43.0 Å². The largest absolute Gasteiger partial charge is 0.507 e. The van der Waals surface area contributed by atoms with Crippen molar-refractivity contribution in [3.05, 3.63) is 47.5 Å². The molecule has 16 atom stereocenters. The molecule has 11 N–H and O–H groups in total. The van der Waals surface area contributed by atoms with E-state index in [1.165, 1.54) is 37.3 Å². The number of Topliss-reactive ketones (excluding diaryl/α,β-unsaturated/α-hetero) is 1. The minimum Gasteiger partial charge on any atom is -0.507 e. The van der Waals surface area contributed by atoms with E-state index in [0.29, 0.717) is 5.56 Å². The summed E-state index contributed by atoms with van der Waals surface area (Å²) in [5.41, 5.74) is 0.238. The Morgan fingerprint density at radius 2 is 1.36 bits per heavy atom. The van der Waals surface area contributed by atoms with E-state index in [1.807, 2.05) is 0 Å². The highest BCUT2D eigenvalue weighted by Gasteiger charge is 2.51. The molecule has 6 rings (SSSR count). The van der Waals surface area contributed by atoms with Crippen molar-refractivity contribution in [2.45, 2.75) is 118 Å². The number of phenols is 1. The number of carboxylic acid groups (broad SMARTS) is 1. The number of carbonyl (C=O) groups is 3. The molecule has 4 heterocycles. The Hall–Kier alpha value is -4.27. The van der Waals surface area contributed by atoms with Crippen LogP contribution in [-0.2, 0) is 33.3 Å². The fourth-order valence-corrected chi connectivity index (χ4v) is 6.78. The van der Waals surface area contributed by atoms with Gasteiger partial charge in [-0.25, -0.2) is 0 Å². The number of aliphatic carboxylic acids is 1. The van der Waals surface area contributed by atoms with Gasteiger partial charge in [0, 0.05) is 12.1 Å². The van der Waals surface area contributed by atoms with Crippen LogP contribution in [0.3, 0.4) is 0 Å². The second-order valence-electron chi connectivity index (χ2n) is 14.1. The molecule has 0 unspecified atom stereocenters. The van der Waals surface area contributed by atoms with Crippen LogP contribution in [0.5, 0.6) is 23.0 Å². The molecular formula is C36H44O22. The molecule has 58 heavy (non-hydrogen) atoms. The maximum Gasteiger partial charge on any atom is 0.317 e. The Bertz CT molecular complexity index is 1770. The molecule has 2 aromatic rings. The van der Waals surface area contributed by atoms with Gasteiger partial charge in [-0.1, -0.05) is 12.1 Å². The van der Waals surface area contributed by atoms with E-state index in [1.54, 1.807) is 0 Å². The summed E-state index contributed by atoms with van der Waals surface area (Å²) in [5.74, 6) is -4.10. The number of rotatable bonds is 12. The van der Waals surface area contributed by atoms with Crippen LogP contribution in [0, 0.1) is 0 Å². The Morgan fingerprint density at radius 1 is 0.741 bits per heavy atom. The highest BCUT2D eigenvalue weighted by molar-refractivity contribution is 6.02. The van der Waals surface area contributed by atoms with Crippen molar-refractivity contribution in [1.29, 1.82) is 0 Å². The number of ether oxygens (including phenoxy) is 8. The Kier molecular flexibility index (Phi) is 13.4. The van der Waals surface area contributed by atoms with Crippen LogP contribution in [0.2, 0.25) is 0 Å². The smallest absolute Gasteiger partial charge is 0.317 e. The van der Waals surface area contributed by atoms with Crippen LogP contribution >= 0.6 is 0 Å². The van der Waals surface area contributed by atoms with Crippen LogP contribution < -0.4 is 14.2 Å². The zero-order chi connectivity index (χ0) is 42.2. The summed E-state index contributed by atoms with van der Waals surface area (Å²) in [6.07, 6.45) is -26.7. The average molecular weight is 829 g/mol. The van der Waals surface area contributed by atoms with Crippen LogP contribution in [0.25, 0.3) is 0 Å². The SMILES string of the molecule is C[C@@H]1O[C@@H](O[C@H]2[C@H](Oc3cc(O)c4c(c3)O[C@H](c3ccc(O[C@@H]5O[C@H](CO)[C@@H](O)[C@H](O)[C@H]5O)cc3)CC4=O)O[C@H](COC(=O)CC(=O)O)[C@@H](O)[C@@H]2O)[C@H](O)[C@H](O)[C@H]1O. The Labute approximate surface area is 327 Å². The highest BCUT2D eigenvalue weighted by Crippen LogP contribution is 2.43. The molecule has 320 valence electrons. The van der Waals surface area contributed by atoms with Crippen LogP contribution in [0.1, 0.15) is 41.8 Å². The van der Waals surface area contributed by atoms with Gasteiger partial charge >= 0.3 is 11.9 Å². The Morgan fingerprint density at radius 3 is 2.03 bits per heavy atom. The van der Waals surface area contributed by atoms with Gasteiger partial charge in [-0.05, 0) is 24.6 Å². The third-order valence-electron chi connectivity index (χ3n) is 10.0. The topological polar surface area (TPSA) is 348 Å². The lowest BCUT2D eigenvalue weighted by Gasteiger charge is -2.45. The molecule has 4 aliphatic heterocycles. The summed E-state index contributed by atoms with van der Waals surface area (Å²) >= 11 is 0. The fourth-order valence-electron chi connectivity index (χ4n) is 6.78. The van der Waals surface area contributed by atoms with Crippen molar-refractivity contribution in [2.75, 3.05) is 13.2 Å². The van der Waals surface area contributed by atoms with Gasteiger partial charge in [0.25, 0.3) is 0 Å². The van der Waals surface area contributed by atoms with Gasteiger partial charge in [0.2, 0.25) is 12.6 Å². The predicted octanol–water partition coefficient (Wildman–Crippen LogP) is -3.67. The van der Waals surface area contributed by atoms with Gasteiger partial charge in [-0.15, -0.1) is 0 Å². The normalized spacial score (nSPS) is 37.6. The third kappa shape index (κ3) is 9.13. The minimum absolute atomic E-state index is 0.141. The zero-order valence-corrected chi connectivity index (χ0v) is 30.4. The molecular weight excluding hydrogens is 784 g/mol. The summed E-state index contributed by atoms with van der Waals surface area (Å²) in [6.45, 7) is -0.0646. The van der Waals surface area contributed by atoms with E-state index in [-0.39, 0.29) is 29.2 Å². The van der Waals surface area contributed by atoms with Crippen molar-refractivity contribution in [3.8, 4) is 23.0 Å². The lowest BCUT2D eigenvalue weighted by Crippen LogP contribution is -2.64. The van der Waals surface area contributed by atoms with Gasteiger partial charge in [-0.2, -0.15) is 0 Å². The maximum absolute atomic E-state index is 13.3. The molecule has 0 saturated carbocycles. The molecule has 4 aliphatic rings. The van der Waals surface area contributed by atoms with Crippen molar-refractivity contribution in [2.24, 2.45) is 0 Å². The third-order valence-corrected chi connectivity index (χ3v) is 10.0. The number of phenolic OH excluding ortho intramolecular Hbond substituents is 1. The Balaban J connectivity index is 1.21. The number of aromatic hydroxyl groups is 1. The average Bonchev–Trinajstić information content (AvgIpc) is 3.18. The second-order valence-corrected chi connectivity index (χ2v) is 14.1. The van der Waals surface area contributed by atoms with Crippen LogP contribution in [0.15, 0.2) is 36.4 Å². The van der Waals surface area contributed by atoms with Crippen molar-refractivity contribution >= 4 is 17.7 Å². The van der Waals surface area contributed by atoms with E-state index in [2.05, 4.69) is 0 Å². The summed E-state index contributed by atoms with van der Waals surface area (Å²) in [7, 11) is 0. The first-order valence-corrected chi connectivity index (χ1v) is 18.0. The first-order valence-electron chi connectivity index (χ1n) is 18.0. The van der Waals surface area contributed by atoms with E-state index in [9.17, 15) is 65.4 Å². The highest BCUT2D eigenvalue weighted by atomic mass is 16.8. The lowest BCUT2D eigenvalue weighted by molar-refractivity contribution is -0.354. The fraction of sp³-hybridized carbons (Fsp3) is 0.583. The van der Waals surface area contributed by atoms with Gasteiger partial charge in [0.15, 0.2) is 18.2 Å². The zero-order valence-electron chi connectivity index (χ0n) is 30.4. The quantitative estimate of drug-likeness (QED) is 0.0725. The number of esters is 1. The number of hydrogen-bond donors (Lipinski definition) is 11. The number of benzene rings is 2. The summed E-state index contributed by atoms with van der Waals surface area (Å²) < 4.78 is 44.9. The molecule has 0 aromatic heterocycles. The summed E-state index contributed by atoms with van der Waals surface area (Å²) in [4.78, 5) is 36.1. The molecule has 3 fully saturated rings. The second kappa shape index (κ2) is 17.9. The van der Waals surface area contributed by atoms with E-state index < -0.39 is 141 Å². The standard InChI is InChI=1S/C36H44O22/c1-12-25(43)28(46)31(49)34(52-12)58-33-30(48)27(45)21(11-51-23(42)9-22(40)41)57-36(33)54-15-6-16(38)24-17(39)8-18(55-19(24)7-15)13-2-4-14(5-3-13)53-35-32(50)29(47)26(44)20(10-37)56-35/h2-7,12,18,20-21,25-38,43-50H,8-11H2,1H3,(H,40,41)/t12-,18-,20+,21+,25-,26+,27+,28+,29-,30-,31+,32+,33+,34-,35+,36+/m0/s1. The summed E-state index contributed by atoms with van der Waals surface area (Å²) in [5, 5.41) is 113. The lowest BCUT2D eigenvalue weighted by atomic mass is 9.95. The molecule has 0 amide bonds. The summed E-state index contributed by atoms with van der Waals surface area (Å²) in [6, 6.07) is 8.15. The number of aliphatic hydroxyl groups is 9. The van der Waals surface area contributed by atoms with Crippen LogP contribution in [0.4, 0.5) is 0 Å². The molecule has 0 bridgehead atoms. The molecule has 2 aromatic carbocycles. The molecule has 22 nitrogen and oxygen atoms in total. The van der Waals surface area contributed by atoms with Crippen molar-refractivity contribution < 1.29 is 108 Å². The number of hydrogen-bond acceptors (Lipinski definition) is 21. The van der Waals surface area contributed by atoms with Crippen molar-refractivity contribution in [1.82, 2.24) is 0 Å². The molecule has 22 heteroatoms. The molecule has 3 saturated heterocycles. The first kappa shape index (κ1) is 43.3. The molecule has 0 aliphatic carbocycles. The van der Waals surface area contributed by atoms with Crippen LogP contribution in [-0.4, -0.2) is 179 Å². The first-order chi connectivity index (χ1) is 27.5. The van der Waals surface area contributed by atoms with E-state index in [0.717, 1.165) is 6.07 Å². The number of carboxylic acids is 1. The van der Waals surface area contributed by atoms with Gasteiger partial charge < -0.3 is 94.1 Å². The number of aliphatic hydroxyl groups excluding tert-OH is 9. The predicted molar refractivity (Wildman–Crippen MR) is 183 cm³/mol. The monoisotopic (exact) mass is 828 g/mol. The van der Waals surface area contributed by atoms with E-state index >= 15 is 0 Å². The molecule has 0 spiro atoms. The van der Waals surface area contributed by atoms with Crippen molar-refractivity contribution in [3.63, 3.8) is 0 Å². The van der Waals surface area contributed by atoms with Gasteiger partial charge in [0.05, 0.1) is 19.1 Å². The number of ketones is 1. The van der Waals surface area contributed by atoms with Gasteiger partial charge in [0.1, 0.15) is 109 Å². The number of carbonyl (C=O) groups excluding carboxylic acids is 2.